The largest absolute Gasteiger partial charge is 0.480 e. The number of rotatable bonds is 17. The Morgan fingerprint density at radius 1 is 0.946 bits per heavy atom. The number of nitrogens with zero attached hydrogens (tertiary/aromatic N) is 1. The summed E-state index contributed by atoms with van der Waals surface area (Å²) in [4.78, 5) is 53.6. The number of hydrogen-bond acceptors (Lipinski definition) is 8. The number of carbonyl (C=O) groups is 4. The van der Waals surface area contributed by atoms with E-state index in [2.05, 4.69) is 20.9 Å². The van der Waals surface area contributed by atoms with Crippen LogP contribution in [-0.4, -0.2) is 89.2 Å². The van der Waals surface area contributed by atoms with Crippen LogP contribution in [0.1, 0.15) is 24.8 Å². The summed E-state index contributed by atoms with van der Waals surface area (Å²) in [5.74, 6) is -2.95. The fourth-order valence-electron chi connectivity index (χ4n) is 3.22. The normalized spacial score (nSPS) is 13.9. The molecule has 0 spiro atoms. The Balaban J connectivity index is 2.78. The topological polar surface area (TPSA) is 235 Å². The van der Waals surface area contributed by atoms with Gasteiger partial charge in [-0.25, -0.2) is 4.79 Å². The summed E-state index contributed by atoms with van der Waals surface area (Å²) in [7, 11) is 0. The van der Waals surface area contributed by atoms with Crippen molar-refractivity contribution in [3.05, 3.63) is 35.9 Å². The van der Waals surface area contributed by atoms with Crippen molar-refractivity contribution in [2.75, 3.05) is 25.2 Å². The number of nitrogens with two attached hydrogens (primary N) is 3. The summed E-state index contributed by atoms with van der Waals surface area (Å²) < 4.78 is 0. The van der Waals surface area contributed by atoms with E-state index >= 15 is 0 Å². The molecule has 13 nitrogen and oxygen atoms in total. The molecule has 0 aliphatic rings. The van der Waals surface area contributed by atoms with Crippen LogP contribution in [0.4, 0.5) is 0 Å². The zero-order valence-electron chi connectivity index (χ0n) is 20.8. The van der Waals surface area contributed by atoms with Crippen molar-refractivity contribution in [3.63, 3.8) is 0 Å². The maximum atomic E-state index is 12.9. The van der Waals surface area contributed by atoms with Crippen molar-refractivity contribution >= 4 is 41.4 Å². The molecule has 0 saturated carbocycles. The Bertz CT molecular complexity index is 914. The fraction of sp³-hybridized carbons (Fsp3) is 0.522. The van der Waals surface area contributed by atoms with Gasteiger partial charge in [-0.2, -0.15) is 11.8 Å². The second kappa shape index (κ2) is 17.2. The van der Waals surface area contributed by atoms with Crippen LogP contribution in [0.15, 0.2) is 35.3 Å². The molecule has 1 aromatic carbocycles. The molecule has 0 bridgehead atoms. The molecule has 0 saturated heterocycles. The number of aliphatic hydroxyl groups is 1. The van der Waals surface area contributed by atoms with Crippen molar-refractivity contribution in [1.82, 2.24) is 16.0 Å². The van der Waals surface area contributed by atoms with E-state index in [1.54, 1.807) is 30.3 Å². The van der Waals surface area contributed by atoms with Gasteiger partial charge >= 0.3 is 5.97 Å². The van der Waals surface area contributed by atoms with Gasteiger partial charge in [0.25, 0.3) is 0 Å². The summed E-state index contributed by atoms with van der Waals surface area (Å²) in [5.41, 5.74) is 17.1. The summed E-state index contributed by atoms with van der Waals surface area (Å²) in [5, 5.41) is 26.5. The molecule has 0 aromatic heterocycles. The summed E-state index contributed by atoms with van der Waals surface area (Å²) in [6, 6.07) is 4.07. The van der Waals surface area contributed by atoms with E-state index < -0.39 is 54.5 Å². The maximum absolute atomic E-state index is 12.9. The first kappa shape index (κ1) is 31.7. The number of thioether (sulfide) groups is 1. The number of aliphatic hydroxyl groups excluding tert-OH is 1. The second-order valence-electron chi connectivity index (χ2n) is 8.23. The van der Waals surface area contributed by atoms with Gasteiger partial charge in [-0.1, -0.05) is 30.3 Å². The molecule has 14 heteroatoms. The third-order valence-electron chi connectivity index (χ3n) is 5.26. The average Bonchev–Trinajstić information content (AvgIpc) is 2.86. The minimum absolute atomic E-state index is 0.0154. The molecular weight excluding hydrogens is 502 g/mol. The van der Waals surface area contributed by atoms with Crippen LogP contribution < -0.4 is 33.2 Å². The van der Waals surface area contributed by atoms with Crippen molar-refractivity contribution in [2.45, 2.75) is 49.9 Å². The fourth-order valence-corrected chi connectivity index (χ4v) is 3.69. The monoisotopic (exact) mass is 539 g/mol. The number of benzene rings is 1. The molecule has 1 aromatic rings. The van der Waals surface area contributed by atoms with Crippen molar-refractivity contribution in [1.29, 1.82) is 0 Å². The molecule has 0 aliphatic heterocycles. The van der Waals surface area contributed by atoms with E-state index in [9.17, 15) is 29.4 Å². The molecule has 4 unspecified atom stereocenters. The van der Waals surface area contributed by atoms with Gasteiger partial charge in [0.2, 0.25) is 17.7 Å². The molecule has 0 radical (unpaired) electrons. The highest BCUT2D eigenvalue weighted by Crippen LogP contribution is 2.06. The smallest absolute Gasteiger partial charge is 0.326 e. The number of amides is 3. The summed E-state index contributed by atoms with van der Waals surface area (Å²) in [6.45, 7) is -0.475. The number of carboxylic acids is 1. The zero-order valence-corrected chi connectivity index (χ0v) is 21.6. The van der Waals surface area contributed by atoms with Gasteiger partial charge in [0.1, 0.15) is 18.1 Å². The van der Waals surface area contributed by atoms with Crippen molar-refractivity contribution in [3.8, 4) is 0 Å². The van der Waals surface area contributed by atoms with Gasteiger partial charge in [0.15, 0.2) is 5.96 Å². The number of aliphatic imine (C=N–C) groups is 1. The van der Waals surface area contributed by atoms with Gasteiger partial charge in [0, 0.05) is 13.0 Å². The molecule has 3 amide bonds. The third kappa shape index (κ3) is 12.4. The number of carboxylic acid groups (broad SMARTS) is 1. The first-order chi connectivity index (χ1) is 17.6. The lowest BCUT2D eigenvalue weighted by atomic mass is 10.1. The van der Waals surface area contributed by atoms with Gasteiger partial charge in [-0.05, 0) is 36.8 Å². The average molecular weight is 540 g/mol. The minimum Gasteiger partial charge on any atom is -0.480 e. The van der Waals surface area contributed by atoms with E-state index in [1.165, 1.54) is 11.8 Å². The molecule has 37 heavy (non-hydrogen) atoms. The predicted molar refractivity (Wildman–Crippen MR) is 142 cm³/mol. The van der Waals surface area contributed by atoms with Crippen LogP contribution in [0.5, 0.6) is 0 Å². The molecule has 0 fully saturated rings. The van der Waals surface area contributed by atoms with Crippen LogP contribution >= 0.6 is 11.8 Å². The van der Waals surface area contributed by atoms with E-state index in [-0.39, 0.29) is 25.2 Å². The molecule has 0 aliphatic carbocycles. The van der Waals surface area contributed by atoms with E-state index in [1.807, 2.05) is 6.26 Å². The lowest BCUT2D eigenvalue weighted by molar-refractivity contribution is -0.142. The summed E-state index contributed by atoms with van der Waals surface area (Å²) >= 11 is 1.45. The molecule has 11 N–H and O–H groups in total. The zero-order chi connectivity index (χ0) is 27.8. The van der Waals surface area contributed by atoms with Crippen LogP contribution in [-0.2, 0) is 25.6 Å². The number of hydrogen-bond donors (Lipinski definition) is 8. The third-order valence-corrected chi connectivity index (χ3v) is 5.90. The van der Waals surface area contributed by atoms with Crippen LogP contribution in [0.2, 0.25) is 0 Å². The highest BCUT2D eigenvalue weighted by atomic mass is 32.2. The number of carbonyl (C=O) groups excluding carboxylic acids is 3. The SMILES string of the molecule is CSCCC(NC(=O)C(N)CCCN=C(N)N)C(=O)NC(CO)C(=O)NC(Cc1ccccc1)C(=O)O. The number of nitrogens with one attached hydrogen (secondary N) is 3. The quantitative estimate of drug-likeness (QED) is 0.0609. The maximum Gasteiger partial charge on any atom is 0.326 e. The Morgan fingerprint density at radius 2 is 1.54 bits per heavy atom. The van der Waals surface area contributed by atoms with Crippen LogP contribution in [0.25, 0.3) is 0 Å². The molecular formula is C23H37N7O6S. The number of aliphatic carboxylic acids is 1. The lowest BCUT2D eigenvalue weighted by Gasteiger charge is -2.24. The Labute approximate surface area is 220 Å². The van der Waals surface area contributed by atoms with Crippen LogP contribution in [0, 0.1) is 0 Å². The molecule has 1 rings (SSSR count). The molecule has 206 valence electrons. The first-order valence-corrected chi connectivity index (χ1v) is 13.1. The standard InChI is InChI=1S/C23H37N7O6S/c1-37-11-9-16(28-19(32)15(24)8-5-10-27-23(25)26)20(33)30-18(13-31)21(34)29-17(22(35)36)12-14-6-3-2-4-7-14/h2-4,6-7,15-18,31H,5,8-13,24H2,1H3,(H,28,32)(H,29,34)(H,30,33)(H,35,36)(H4,25,26,27). The van der Waals surface area contributed by atoms with E-state index in [4.69, 9.17) is 17.2 Å². The van der Waals surface area contributed by atoms with Crippen LogP contribution in [0.3, 0.4) is 0 Å². The minimum atomic E-state index is -1.42. The van der Waals surface area contributed by atoms with Crippen molar-refractivity contribution < 1.29 is 29.4 Å². The van der Waals surface area contributed by atoms with Gasteiger partial charge in [-0.15, -0.1) is 0 Å². The highest BCUT2D eigenvalue weighted by Gasteiger charge is 2.30. The lowest BCUT2D eigenvalue weighted by Crippen LogP contribution is -2.58. The Hall–Kier alpha value is -3.36. The summed E-state index contributed by atoms with van der Waals surface area (Å²) in [6.07, 6.45) is 2.81. The van der Waals surface area contributed by atoms with Gasteiger partial charge in [-0.3, -0.25) is 19.4 Å². The molecule has 0 heterocycles. The Kier molecular flexibility index (Phi) is 14.7. The van der Waals surface area contributed by atoms with Gasteiger partial charge < -0.3 is 43.4 Å². The Morgan fingerprint density at radius 3 is 2.11 bits per heavy atom. The van der Waals surface area contributed by atoms with Crippen molar-refractivity contribution in [2.24, 2.45) is 22.2 Å². The molecule has 4 atom stereocenters. The number of guanidine groups is 1. The van der Waals surface area contributed by atoms with Gasteiger partial charge in [0.05, 0.1) is 12.6 Å². The second-order valence-corrected chi connectivity index (χ2v) is 9.22. The predicted octanol–water partition coefficient (Wildman–Crippen LogP) is -2.11. The van der Waals surface area contributed by atoms with E-state index in [0.717, 1.165) is 0 Å². The van der Waals surface area contributed by atoms with E-state index in [0.29, 0.717) is 24.3 Å². The highest BCUT2D eigenvalue weighted by molar-refractivity contribution is 7.98. The first-order valence-electron chi connectivity index (χ1n) is 11.7.